The summed E-state index contributed by atoms with van der Waals surface area (Å²) in [5.41, 5.74) is 3.44. The third-order valence-corrected chi connectivity index (χ3v) is 3.33. The maximum absolute atomic E-state index is 12.0. The van der Waals surface area contributed by atoms with Crippen molar-refractivity contribution in [2.24, 2.45) is 0 Å². The first kappa shape index (κ1) is 12.4. The number of ether oxygens (including phenoxy) is 1. The van der Waals surface area contributed by atoms with Crippen molar-refractivity contribution >= 4 is 23.4 Å². The van der Waals surface area contributed by atoms with Crippen molar-refractivity contribution in [1.29, 1.82) is 0 Å². The van der Waals surface area contributed by atoms with Gasteiger partial charge in [0.2, 0.25) is 0 Å². The Morgan fingerprint density at radius 2 is 1.65 bits per heavy atom. The molecule has 0 atom stereocenters. The normalized spacial score (nSPS) is 14.3. The summed E-state index contributed by atoms with van der Waals surface area (Å²) in [4.78, 5) is 23.2. The molecule has 0 amide bonds. The second-order valence-corrected chi connectivity index (χ2v) is 4.50. The number of hydrogen-bond donors (Lipinski definition) is 0. The Hall–Kier alpha value is -2.68. The Balaban J connectivity index is 2.22. The van der Waals surface area contributed by atoms with Crippen molar-refractivity contribution in [2.45, 2.75) is 0 Å². The summed E-state index contributed by atoms with van der Waals surface area (Å²) in [5, 5.41) is 0. The topological polar surface area (TPSA) is 43.4 Å². The van der Waals surface area contributed by atoms with Crippen LogP contribution in [0.25, 0.3) is 11.1 Å². The Morgan fingerprint density at radius 3 is 2.40 bits per heavy atom. The minimum absolute atomic E-state index is 0.202. The summed E-state index contributed by atoms with van der Waals surface area (Å²) in [7, 11) is 0. The molecule has 3 rings (SSSR count). The summed E-state index contributed by atoms with van der Waals surface area (Å²) >= 11 is 0. The third kappa shape index (κ3) is 2.03. The van der Waals surface area contributed by atoms with Crippen LogP contribution in [-0.2, 0) is 9.53 Å². The summed E-state index contributed by atoms with van der Waals surface area (Å²) in [6, 6.07) is 16.6. The number of aldehydes is 1. The van der Waals surface area contributed by atoms with E-state index >= 15 is 0 Å². The molecule has 0 radical (unpaired) electrons. The van der Waals surface area contributed by atoms with Crippen molar-refractivity contribution < 1.29 is 14.3 Å². The van der Waals surface area contributed by atoms with Crippen LogP contribution in [-0.4, -0.2) is 18.9 Å². The molecule has 0 aliphatic carbocycles. The lowest BCUT2D eigenvalue weighted by Crippen LogP contribution is -1.98. The molecule has 2 aromatic carbocycles. The molecule has 20 heavy (non-hydrogen) atoms. The number of cyclic esters (lactones) is 1. The minimum Gasteiger partial charge on any atom is -0.457 e. The van der Waals surface area contributed by atoms with Gasteiger partial charge in [0.15, 0.2) is 6.29 Å². The second-order valence-electron chi connectivity index (χ2n) is 4.50. The number of esters is 1. The Morgan fingerprint density at radius 1 is 0.950 bits per heavy atom. The summed E-state index contributed by atoms with van der Waals surface area (Å²) in [6.07, 6.45) is 0.799. The Kier molecular flexibility index (Phi) is 3.17. The molecule has 3 nitrogen and oxygen atoms in total. The van der Waals surface area contributed by atoms with Crippen LogP contribution in [0.2, 0.25) is 0 Å². The van der Waals surface area contributed by atoms with Gasteiger partial charge in [-0.25, -0.2) is 4.79 Å². The van der Waals surface area contributed by atoms with E-state index in [-0.39, 0.29) is 12.6 Å². The van der Waals surface area contributed by atoms with Gasteiger partial charge in [-0.15, -0.1) is 0 Å². The van der Waals surface area contributed by atoms with Crippen LogP contribution in [0.4, 0.5) is 0 Å². The van der Waals surface area contributed by atoms with Crippen molar-refractivity contribution in [1.82, 2.24) is 0 Å². The highest BCUT2D eigenvalue weighted by Gasteiger charge is 2.27. The molecule has 1 aliphatic rings. The van der Waals surface area contributed by atoms with Crippen LogP contribution >= 0.6 is 0 Å². The summed E-state index contributed by atoms with van der Waals surface area (Å²) in [5.74, 6) is -0.341. The monoisotopic (exact) mass is 264 g/mol. The van der Waals surface area contributed by atoms with Crippen LogP contribution in [0.5, 0.6) is 0 Å². The fourth-order valence-corrected chi connectivity index (χ4v) is 2.39. The molecule has 2 aromatic rings. The number of benzene rings is 2. The predicted octanol–water partition coefficient (Wildman–Crippen LogP) is 2.97. The average Bonchev–Trinajstić information content (AvgIpc) is 2.89. The lowest BCUT2D eigenvalue weighted by molar-refractivity contribution is -0.133. The minimum atomic E-state index is -0.341. The fraction of sp³-hybridized carbons (Fsp3) is 0.0588. The zero-order valence-electron chi connectivity index (χ0n) is 10.7. The maximum atomic E-state index is 12.0. The molecule has 0 saturated carbocycles. The van der Waals surface area contributed by atoms with Crippen LogP contribution in [0.3, 0.4) is 0 Å². The lowest BCUT2D eigenvalue weighted by atomic mass is 9.94. The number of hydrogen-bond acceptors (Lipinski definition) is 3. The first-order valence-electron chi connectivity index (χ1n) is 6.31. The van der Waals surface area contributed by atoms with Gasteiger partial charge >= 0.3 is 5.97 Å². The molecule has 0 spiro atoms. The van der Waals surface area contributed by atoms with Gasteiger partial charge in [-0.05, 0) is 11.1 Å². The van der Waals surface area contributed by atoms with E-state index in [1.165, 1.54) is 0 Å². The zero-order chi connectivity index (χ0) is 13.9. The average molecular weight is 264 g/mol. The fourth-order valence-electron chi connectivity index (χ4n) is 2.39. The molecular formula is C17H12O3. The molecule has 98 valence electrons. The standard InChI is InChI=1S/C17H12O3/c18-10-13-8-4-5-9-14(13)15-11-20-17(19)16(15)12-6-2-1-3-7-12/h1-10H,11H2. The molecule has 0 aromatic heterocycles. The predicted molar refractivity (Wildman–Crippen MR) is 76.0 cm³/mol. The van der Waals surface area contributed by atoms with Crippen molar-refractivity contribution in [3.05, 3.63) is 71.3 Å². The molecule has 1 aliphatic heterocycles. The number of carbonyl (C=O) groups is 2. The highest BCUT2D eigenvalue weighted by atomic mass is 16.5. The largest absolute Gasteiger partial charge is 0.457 e. The summed E-state index contributed by atoms with van der Waals surface area (Å²) in [6.45, 7) is 0.202. The van der Waals surface area contributed by atoms with E-state index in [1.54, 1.807) is 12.1 Å². The highest BCUT2D eigenvalue weighted by molar-refractivity contribution is 6.27. The van der Waals surface area contributed by atoms with Crippen LogP contribution in [0.15, 0.2) is 54.6 Å². The lowest BCUT2D eigenvalue weighted by Gasteiger charge is -2.06. The molecular weight excluding hydrogens is 252 g/mol. The first-order valence-corrected chi connectivity index (χ1v) is 6.31. The molecule has 0 saturated heterocycles. The zero-order valence-corrected chi connectivity index (χ0v) is 10.7. The Bertz CT molecular complexity index is 699. The van der Waals surface area contributed by atoms with Crippen molar-refractivity contribution in [3.8, 4) is 0 Å². The summed E-state index contributed by atoms with van der Waals surface area (Å²) < 4.78 is 5.16. The maximum Gasteiger partial charge on any atom is 0.339 e. The van der Waals surface area contributed by atoms with E-state index in [0.29, 0.717) is 11.1 Å². The molecule has 0 N–H and O–H groups in total. The third-order valence-electron chi connectivity index (χ3n) is 3.33. The van der Waals surface area contributed by atoms with E-state index in [9.17, 15) is 9.59 Å². The van der Waals surface area contributed by atoms with E-state index < -0.39 is 0 Å². The van der Waals surface area contributed by atoms with E-state index in [4.69, 9.17) is 4.74 Å². The van der Waals surface area contributed by atoms with E-state index in [1.807, 2.05) is 42.5 Å². The van der Waals surface area contributed by atoms with Gasteiger partial charge < -0.3 is 4.74 Å². The number of rotatable bonds is 3. The highest BCUT2D eigenvalue weighted by Crippen LogP contribution is 2.33. The SMILES string of the molecule is O=Cc1ccccc1C1=C(c2ccccc2)C(=O)OC1. The van der Waals surface area contributed by atoms with E-state index in [0.717, 1.165) is 23.0 Å². The second kappa shape index (κ2) is 5.13. The quantitative estimate of drug-likeness (QED) is 0.632. The van der Waals surface area contributed by atoms with Gasteiger partial charge in [-0.2, -0.15) is 0 Å². The molecule has 0 fully saturated rings. The van der Waals surface area contributed by atoms with Gasteiger partial charge in [0.25, 0.3) is 0 Å². The molecule has 1 heterocycles. The van der Waals surface area contributed by atoms with Gasteiger partial charge in [0.05, 0.1) is 5.57 Å². The first-order chi connectivity index (χ1) is 9.81. The van der Waals surface area contributed by atoms with Gasteiger partial charge in [0.1, 0.15) is 6.61 Å². The number of carbonyl (C=O) groups excluding carboxylic acids is 2. The molecule has 0 unspecified atom stereocenters. The Labute approximate surface area is 116 Å². The smallest absolute Gasteiger partial charge is 0.339 e. The van der Waals surface area contributed by atoms with Crippen molar-refractivity contribution in [2.75, 3.05) is 6.61 Å². The van der Waals surface area contributed by atoms with Crippen molar-refractivity contribution in [3.63, 3.8) is 0 Å². The molecule has 3 heteroatoms. The van der Waals surface area contributed by atoms with E-state index in [2.05, 4.69) is 0 Å². The van der Waals surface area contributed by atoms with Crippen LogP contribution in [0.1, 0.15) is 21.5 Å². The van der Waals surface area contributed by atoms with Gasteiger partial charge in [0, 0.05) is 11.1 Å². The van der Waals surface area contributed by atoms with Gasteiger partial charge in [-0.3, -0.25) is 4.79 Å². The van der Waals surface area contributed by atoms with Gasteiger partial charge in [-0.1, -0.05) is 54.6 Å². The van der Waals surface area contributed by atoms with Crippen LogP contribution < -0.4 is 0 Å². The molecule has 0 bridgehead atoms. The van der Waals surface area contributed by atoms with Crippen LogP contribution in [0, 0.1) is 0 Å².